The first kappa shape index (κ1) is 17.5. The Morgan fingerprint density at radius 2 is 1.40 bits per heavy atom. The molecule has 0 saturated carbocycles. The Hall–Kier alpha value is -0.570. The number of benzene rings is 1. The molecule has 0 amide bonds. The lowest BCUT2D eigenvalue weighted by molar-refractivity contribution is -0.143. The summed E-state index contributed by atoms with van der Waals surface area (Å²) < 4.78 is 75.5. The molecule has 0 aromatic heterocycles. The first-order valence-corrected chi connectivity index (χ1v) is 7.04. The number of halogens is 8. The molecule has 0 aliphatic carbocycles. The van der Waals surface area contributed by atoms with Crippen molar-refractivity contribution in [3.63, 3.8) is 0 Å². The van der Waals surface area contributed by atoms with Gasteiger partial charge in [-0.05, 0) is 18.2 Å². The molecule has 1 aromatic carbocycles. The van der Waals surface area contributed by atoms with E-state index in [0.29, 0.717) is 12.1 Å². The first-order valence-electron chi connectivity index (χ1n) is 5.00. The highest BCUT2D eigenvalue weighted by atomic mass is 79.9. The first-order chi connectivity index (χ1) is 8.96. The van der Waals surface area contributed by atoms with Crippen LogP contribution >= 0.6 is 31.9 Å². The average Bonchev–Trinajstić information content (AvgIpc) is 2.34. The minimum Gasteiger partial charge on any atom is -0.293 e. The molecule has 112 valence electrons. The van der Waals surface area contributed by atoms with Crippen LogP contribution in [-0.4, -0.2) is 15.9 Å². The minimum atomic E-state index is -4.97. The van der Waals surface area contributed by atoms with Crippen LogP contribution in [0.1, 0.15) is 21.5 Å². The smallest absolute Gasteiger partial charge is 0.293 e. The molecule has 1 rings (SSSR count). The maximum atomic E-state index is 12.6. The lowest BCUT2D eigenvalue weighted by atomic mass is 10.0. The van der Waals surface area contributed by atoms with E-state index in [0.717, 1.165) is 0 Å². The number of Topliss-reactive ketones (excluding diaryl/α,β-unsaturated/α-hetero) is 1. The van der Waals surface area contributed by atoms with Gasteiger partial charge in [-0.15, -0.1) is 0 Å². The molecular formula is C11H6Br2F6O. The van der Waals surface area contributed by atoms with Gasteiger partial charge in [0.15, 0.2) is 5.78 Å². The molecule has 0 bridgehead atoms. The standard InChI is InChI=1S/C11H6Br2F6O/c12-4-8(13)9(20)5-1-6(10(14,15)16)3-7(2-5)11(17,18)19/h1-3,8H,4H2. The molecule has 0 spiro atoms. The molecule has 0 radical (unpaired) electrons. The molecule has 0 aliphatic rings. The third kappa shape index (κ3) is 4.21. The molecule has 1 aromatic rings. The van der Waals surface area contributed by atoms with Gasteiger partial charge in [0.2, 0.25) is 0 Å². The van der Waals surface area contributed by atoms with Crippen molar-refractivity contribution in [2.75, 3.05) is 5.33 Å². The van der Waals surface area contributed by atoms with Gasteiger partial charge in [0, 0.05) is 10.9 Å². The number of rotatable bonds is 3. The molecule has 1 nitrogen and oxygen atoms in total. The minimum absolute atomic E-state index is 0.0197. The number of carbonyl (C=O) groups excluding carboxylic acids is 1. The number of alkyl halides is 8. The van der Waals surface area contributed by atoms with E-state index < -0.39 is 39.7 Å². The van der Waals surface area contributed by atoms with Crippen LogP contribution in [-0.2, 0) is 12.4 Å². The lowest BCUT2D eigenvalue weighted by Crippen LogP contribution is -2.19. The summed E-state index contributed by atoms with van der Waals surface area (Å²) in [4.78, 5) is 10.8. The van der Waals surface area contributed by atoms with Crippen molar-refractivity contribution in [3.8, 4) is 0 Å². The summed E-state index contributed by atoms with van der Waals surface area (Å²) in [5, 5.41) is 0.0590. The molecule has 9 heteroatoms. The summed E-state index contributed by atoms with van der Waals surface area (Å²) in [6.45, 7) is 0. The zero-order valence-corrected chi connectivity index (χ0v) is 12.6. The highest BCUT2D eigenvalue weighted by molar-refractivity contribution is 9.12. The highest BCUT2D eigenvalue weighted by Gasteiger charge is 2.37. The van der Waals surface area contributed by atoms with Crippen molar-refractivity contribution in [2.45, 2.75) is 17.2 Å². The second-order valence-corrected chi connectivity index (χ2v) is 5.53. The summed E-state index contributed by atoms with van der Waals surface area (Å²) in [6.07, 6.45) is -9.93. The monoisotopic (exact) mass is 426 g/mol. The maximum Gasteiger partial charge on any atom is 0.416 e. The molecule has 0 aliphatic heterocycles. The fourth-order valence-electron chi connectivity index (χ4n) is 1.35. The number of carbonyl (C=O) groups is 1. The van der Waals surface area contributed by atoms with Gasteiger partial charge < -0.3 is 0 Å². The third-order valence-electron chi connectivity index (χ3n) is 2.29. The Morgan fingerprint density at radius 3 is 1.70 bits per heavy atom. The van der Waals surface area contributed by atoms with E-state index in [4.69, 9.17) is 0 Å². The number of ketones is 1. The van der Waals surface area contributed by atoms with E-state index in [2.05, 4.69) is 31.9 Å². The fraction of sp³-hybridized carbons (Fsp3) is 0.364. The van der Waals surface area contributed by atoms with Gasteiger partial charge in [-0.2, -0.15) is 26.3 Å². The molecule has 0 heterocycles. The van der Waals surface area contributed by atoms with E-state index in [1.54, 1.807) is 0 Å². The van der Waals surface area contributed by atoms with Gasteiger partial charge in [0.25, 0.3) is 0 Å². The van der Waals surface area contributed by atoms with Crippen LogP contribution in [0.25, 0.3) is 0 Å². The molecule has 0 fully saturated rings. The van der Waals surface area contributed by atoms with Crippen LogP contribution in [0, 0.1) is 0 Å². The van der Waals surface area contributed by atoms with E-state index in [-0.39, 0.29) is 11.4 Å². The molecular weight excluding hydrogens is 422 g/mol. The van der Waals surface area contributed by atoms with E-state index in [1.165, 1.54) is 0 Å². The molecule has 20 heavy (non-hydrogen) atoms. The molecule has 1 unspecified atom stereocenters. The van der Waals surface area contributed by atoms with Crippen LogP contribution in [0.15, 0.2) is 18.2 Å². The van der Waals surface area contributed by atoms with E-state index in [1.807, 2.05) is 0 Å². The van der Waals surface area contributed by atoms with Crippen LogP contribution in [0.3, 0.4) is 0 Å². The number of hydrogen-bond donors (Lipinski definition) is 0. The number of hydrogen-bond acceptors (Lipinski definition) is 1. The van der Waals surface area contributed by atoms with Gasteiger partial charge >= 0.3 is 12.4 Å². The summed E-state index contributed by atoms with van der Waals surface area (Å²) in [5.41, 5.74) is -3.66. The topological polar surface area (TPSA) is 17.1 Å². The quantitative estimate of drug-likeness (QED) is 0.374. The lowest BCUT2D eigenvalue weighted by Gasteiger charge is -2.14. The Bertz CT molecular complexity index is 476. The summed E-state index contributed by atoms with van der Waals surface area (Å²) in [5.74, 6) is -0.863. The molecule has 1 atom stereocenters. The van der Waals surface area contributed by atoms with Crippen molar-refractivity contribution >= 4 is 37.6 Å². The Kier molecular flexibility index (Phi) is 5.29. The van der Waals surface area contributed by atoms with Crippen molar-refractivity contribution in [3.05, 3.63) is 34.9 Å². The summed E-state index contributed by atoms with van der Waals surface area (Å²) >= 11 is 5.79. The van der Waals surface area contributed by atoms with Crippen LogP contribution in [0.5, 0.6) is 0 Å². The van der Waals surface area contributed by atoms with E-state index >= 15 is 0 Å². The van der Waals surface area contributed by atoms with Crippen LogP contribution in [0.2, 0.25) is 0 Å². The summed E-state index contributed by atoms with van der Waals surface area (Å²) in [7, 11) is 0. The van der Waals surface area contributed by atoms with Gasteiger partial charge in [0.05, 0.1) is 16.0 Å². The zero-order valence-electron chi connectivity index (χ0n) is 9.45. The van der Waals surface area contributed by atoms with Crippen LogP contribution in [0.4, 0.5) is 26.3 Å². The predicted molar refractivity (Wildman–Crippen MR) is 67.3 cm³/mol. The summed E-state index contributed by atoms with van der Waals surface area (Å²) in [6, 6.07) is 0.803. The van der Waals surface area contributed by atoms with Crippen molar-refractivity contribution in [1.29, 1.82) is 0 Å². The second-order valence-electron chi connectivity index (χ2n) is 3.78. The fourth-order valence-corrected chi connectivity index (χ4v) is 1.91. The Balaban J connectivity index is 3.42. The molecule has 0 saturated heterocycles. The normalized spacial score (nSPS) is 14.2. The largest absolute Gasteiger partial charge is 0.416 e. The predicted octanol–water partition coefficient (Wildman–Crippen LogP) is 5.07. The van der Waals surface area contributed by atoms with Gasteiger partial charge in [-0.25, -0.2) is 0 Å². The van der Waals surface area contributed by atoms with Gasteiger partial charge in [-0.3, -0.25) is 4.79 Å². The van der Waals surface area contributed by atoms with Crippen molar-refractivity contribution in [1.82, 2.24) is 0 Å². The second kappa shape index (κ2) is 6.05. The Morgan fingerprint density at radius 1 is 1.00 bits per heavy atom. The Labute approximate surface area is 126 Å². The molecule has 0 N–H and O–H groups in total. The average molecular weight is 428 g/mol. The SMILES string of the molecule is O=C(c1cc(C(F)(F)F)cc(C(F)(F)F)c1)C(Br)CBr. The maximum absolute atomic E-state index is 12.6. The van der Waals surface area contributed by atoms with Gasteiger partial charge in [-0.1, -0.05) is 31.9 Å². The van der Waals surface area contributed by atoms with Crippen molar-refractivity contribution < 1.29 is 31.1 Å². The highest BCUT2D eigenvalue weighted by Crippen LogP contribution is 2.36. The third-order valence-corrected chi connectivity index (χ3v) is 4.55. The van der Waals surface area contributed by atoms with Crippen LogP contribution < -0.4 is 0 Å². The van der Waals surface area contributed by atoms with Crippen molar-refractivity contribution in [2.24, 2.45) is 0 Å². The van der Waals surface area contributed by atoms with E-state index in [9.17, 15) is 31.1 Å². The van der Waals surface area contributed by atoms with Gasteiger partial charge in [0.1, 0.15) is 0 Å². The zero-order chi connectivity index (χ0) is 15.7.